The molecule has 1 rings (SSSR count). The Morgan fingerprint density at radius 3 is 2.69 bits per heavy atom. The van der Waals surface area contributed by atoms with E-state index >= 15 is 0 Å². The van der Waals surface area contributed by atoms with Crippen LogP contribution in [-0.2, 0) is 6.42 Å². The molecule has 6 N–H and O–H groups in total. The summed E-state index contributed by atoms with van der Waals surface area (Å²) in [7, 11) is 0. The second kappa shape index (κ2) is 4.47. The Kier molecular flexibility index (Phi) is 3.28. The summed E-state index contributed by atoms with van der Waals surface area (Å²) < 4.78 is 0. The van der Waals surface area contributed by atoms with Crippen molar-refractivity contribution in [2.75, 3.05) is 6.54 Å². The minimum atomic E-state index is 0.0740. The number of aliphatic imine (C=N–C) groups is 1. The molecule has 0 spiro atoms. The zero-order valence-corrected chi connectivity index (χ0v) is 7.40. The summed E-state index contributed by atoms with van der Waals surface area (Å²) in [6.45, 7) is 0.630. The van der Waals surface area contributed by atoms with Crippen LogP contribution in [0.25, 0.3) is 0 Å². The number of guanidine groups is 1. The fourth-order valence-corrected chi connectivity index (χ4v) is 1.10. The molecule has 0 atom stereocenters. The van der Waals surface area contributed by atoms with E-state index in [-0.39, 0.29) is 5.96 Å². The molecular weight excluding hydrogens is 164 g/mol. The number of nitrogens with two attached hydrogens (primary N) is 3. The first-order valence-electron chi connectivity index (χ1n) is 4.11. The fraction of sp³-hybridized carbons (Fsp3) is 0.222. The molecule has 70 valence electrons. The van der Waals surface area contributed by atoms with Crippen LogP contribution in [0.1, 0.15) is 5.56 Å². The van der Waals surface area contributed by atoms with E-state index in [1.54, 1.807) is 0 Å². The topological polar surface area (TPSA) is 90.4 Å². The van der Waals surface area contributed by atoms with Gasteiger partial charge in [0.1, 0.15) is 0 Å². The van der Waals surface area contributed by atoms with Crippen molar-refractivity contribution in [3.8, 4) is 0 Å². The van der Waals surface area contributed by atoms with Crippen LogP contribution in [0.4, 0.5) is 5.69 Å². The van der Waals surface area contributed by atoms with E-state index in [1.165, 1.54) is 0 Å². The zero-order chi connectivity index (χ0) is 9.68. The third-order valence-corrected chi connectivity index (χ3v) is 1.60. The molecule has 0 fully saturated rings. The van der Waals surface area contributed by atoms with E-state index in [1.807, 2.05) is 24.3 Å². The molecule has 0 heterocycles. The molecule has 0 aromatic heterocycles. The second-order valence-corrected chi connectivity index (χ2v) is 2.75. The van der Waals surface area contributed by atoms with Gasteiger partial charge in [0.15, 0.2) is 5.96 Å². The van der Waals surface area contributed by atoms with Gasteiger partial charge in [-0.05, 0) is 30.7 Å². The van der Waals surface area contributed by atoms with Gasteiger partial charge in [0.2, 0.25) is 0 Å². The third-order valence-electron chi connectivity index (χ3n) is 1.60. The summed E-state index contributed by atoms with van der Waals surface area (Å²) in [5, 5.41) is 0. The van der Waals surface area contributed by atoms with Gasteiger partial charge in [-0.2, -0.15) is 0 Å². The molecule has 13 heavy (non-hydrogen) atoms. The van der Waals surface area contributed by atoms with Crippen molar-refractivity contribution in [2.45, 2.75) is 6.42 Å². The maximum absolute atomic E-state index is 5.43. The summed E-state index contributed by atoms with van der Waals surface area (Å²) >= 11 is 0. The minimum absolute atomic E-state index is 0.0740. The predicted molar refractivity (Wildman–Crippen MR) is 54.7 cm³/mol. The molecule has 4 nitrogen and oxygen atoms in total. The highest BCUT2D eigenvalue weighted by molar-refractivity contribution is 5.79. The van der Waals surface area contributed by atoms with Crippen LogP contribution in [0, 0.1) is 0 Å². The summed E-state index contributed by atoms with van der Waals surface area (Å²) in [5.41, 5.74) is 17.8. The van der Waals surface area contributed by atoms with Gasteiger partial charge >= 0.3 is 0 Å². The van der Waals surface area contributed by atoms with Crippen LogP contribution < -0.4 is 17.2 Å². The minimum Gasteiger partial charge on any atom is -0.370 e. The van der Waals surface area contributed by atoms with Gasteiger partial charge in [-0.25, -0.2) is 4.99 Å². The second-order valence-electron chi connectivity index (χ2n) is 2.75. The molecule has 0 saturated heterocycles. The van der Waals surface area contributed by atoms with E-state index in [9.17, 15) is 0 Å². The van der Waals surface area contributed by atoms with Gasteiger partial charge in [0, 0.05) is 0 Å². The summed E-state index contributed by atoms with van der Waals surface area (Å²) in [6, 6.07) is 7.68. The molecule has 0 bridgehead atoms. The van der Waals surface area contributed by atoms with Gasteiger partial charge < -0.3 is 17.2 Å². The lowest BCUT2D eigenvalue weighted by molar-refractivity contribution is 0.969. The first-order chi connectivity index (χ1) is 6.22. The summed E-state index contributed by atoms with van der Waals surface area (Å²) in [4.78, 5) is 3.93. The van der Waals surface area contributed by atoms with Gasteiger partial charge in [0.05, 0.1) is 5.69 Å². The average Bonchev–Trinajstić information content (AvgIpc) is 2.04. The lowest BCUT2D eigenvalue weighted by atomic mass is 10.1. The monoisotopic (exact) mass is 178 g/mol. The van der Waals surface area contributed by atoms with E-state index in [0.717, 1.165) is 17.7 Å². The largest absolute Gasteiger partial charge is 0.370 e. The maximum atomic E-state index is 5.43. The van der Waals surface area contributed by atoms with E-state index in [2.05, 4.69) is 4.99 Å². The molecule has 0 radical (unpaired) electrons. The number of hydrogen-bond acceptors (Lipinski definition) is 2. The maximum Gasteiger partial charge on any atom is 0.191 e. The van der Waals surface area contributed by atoms with E-state index in [4.69, 9.17) is 17.2 Å². The Morgan fingerprint density at radius 2 is 2.08 bits per heavy atom. The SMILES string of the molecule is NCCc1cccc(N=C(N)N)c1. The van der Waals surface area contributed by atoms with Gasteiger partial charge in [-0.1, -0.05) is 12.1 Å². The first kappa shape index (κ1) is 9.54. The summed E-state index contributed by atoms with van der Waals surface area (Å²) in [5.74, 6) is 0.0740. The van der Waals surface area contributed by atoms with Crippen molar-refractivity contribution in [2.24, 2.45) is 22.2 Å². The number of hydrogen-bond donors (Lipinski definition) is 3. The van der Waals surface area contributed by atoms with Crippen molar-refractivity contribution in [1.29, 1.82) is 0 Å². The Morgan fingerprint density at radius 1 is 1.31 bits per heavy atom. The molecule has 0 amide bonds. The van der Waals surface area contributed by atoms with Crippen LogP contribution in [0.15, 0.2) is 29.3 Å². The lowest BCUT2D eigenvalue weighted by Crippen LogP contribution is -2.21. The van der Waals surface area contributed by atoms with Gasteiger partial charge in [0.25, 0.3) is 0 Å². The lowest BCUT2D eigenvalue weighted by Gasteiger charge is -1.99. The molecule has 0 aliphatic heterocycles. The highest BCUT2D eigenvalue weighted by Crippen LogP contribution is 2.13. The van der Waals surface area contributed by atoms with E-state index < -0.39 is 0 Å². The standard InChI is InChI=1S/C9H14N4/c10-5-4-7-2-1-3-8(6-7)13-9(11)12/h1-3,6H,4-5,10H2,(H4,11,12,13). The van der Waals surface area contributed by atoms with Crippen LogP contribution in [-0.4, -0.2) is 12.5 Å². The van der Waals surface area contributed by atoms with Crippen LogP contribution in [0.2, 0.25) is 0 Å². The van der Waals surface area contributed by atoms with E-state index in [0.29, 0.717) is 6.54 Å². The molecule has 0 saturated carbocycles. The molecule has 0 unspecified atom stereocenters. The van der Waals surface area contributed by atoms with Crippen molar-refractivity contribution in [3.63, 3.8) is 0 Å². The molecule has 4 heteroatoms. The van der Waals surface area contributed by atoms with Crippen molar-refractivity contribution < 1.29 is 0 Å². The zero-order valence-electron chi connectivity index (χ0n) is 7.40. The number of benzene rings is 1. The predicted octanol–water partition coefficient (Wildman–Crippen LogP) is 0.0927. The quantitative estimate of drug-likeness (QED) is 0.452. The van der Waals surface area contributed by atoms with Crippen LogP contribution in [0.5, 0.6) is 0 Å². The molecular formula is C9H14N4. The summed E-state index contributed by atoms with van der Waals surface area (Å²) in [6.07, 6.45) is 0.841. The molecule has 1 aromatic carbocycles. The highest BCUT2D eigenvalue weighted by atomic mass is 15.0. The molecule has 0 aliphatic carbocycles. The Balaban J connectivity index is 2.85. The van der Waals surface area contributed by atoms with Crippen molar-refractivity contribution in [1.82, 2.24) is 0 Å². The van der Waals surface area contributed by atoms with Crippen LogP contribution in [0.3, 0.4) is 0 Å². The number of rotatable bonds is 3. The number of nitrogens with zero attached hydrogens (tertiary/aromatic N) is 1. The van der Waals surface area contributed by atoms with Crippen molar-refractivity contribution >= 4 is 11.6 Å². The molecule has 0 aliphatic rings. The molecule has 1 aromatic rings. The Labute approximate surface area is 77.4 Å². The van der Waals surface area contributed by atoms with Gasteiger partial charge in [-0.15, -0.1) is 0 Å². The van der Waals surface area contributed by atoms with Crippen LogP contribution >= 0.6 is 0 Å². The smallest absolute Gasteiger partial charge is 0.191 e. The first-order valence-corrected chi connectivity index (χ1v) is 4.11. The fourth-order valence-electron chi connectivity index (χ4n) is 1.10. The highest BCUT2D eigenvalue weighted by Gasteiger charge is 1.93. The Hall–Kier alpha value is -1.55. The third kappa shape index (κ3) is 3.13. The normalized spacial score (nSPS) is 9.62. The average molecular weight is 178 g/mol. The van der Waals surface area contributed by atoms with Crippen molar-refractivity contribution in [3.05, 3.63) is 29.8 Å². The Bertz CT molecular complexity index is 302. The van der Waals surface area contributed by atoms with Gasteiger partial charge in [-0.3, -0.25) is 0 Å².